The molecule has 0 N–H and O–H groups in total. The predicted octanol–water partition coefficient (Wildman–Crippen LogP) is 7.27. The van der Waals surface area contributed by atoms with Crippen molar-refractivity contribution in [1.82, 2.24) is 0 Å². The lowest BCUT2D eigenvalue weighted by atomic mass is 9.96. The van der Waals surface area contributed by atoms with Gasteiger partial charge in [-0.05, 0) is 55.2 Å². The smallest absolute Gasteiger partial charge is 0.0279 e. The summed E-state index contributed by atoms with van der Waals surface area (Å²) in [6.07, 6.45) is 17.4. The Kier molecular flexibility index (Phi) is 11.2. The summed E-state index contributed by atoms with van der Waals surface area (Å²) < 4.78 is 0. The summed E-state index contributed by atoms with van der Waals surface area (Å²) in [6, 6.07) is 7.46. The van der Waals surface area contributed by atoms with Crippen molar-refractivity contribution in [3.63, 3.8) is 0 Å². The lowest BCUT2D eigenvalue weighted by Crippen LogP contribution is -1.95. The molecule has 0 aliphatic heterocycles. The van der Waals surface area contributed by atoms with E-state index >= 15 is 0 Å². The molecule has 0 aliphatic rings. The quantitative estimate of drug-likeness (QED) is 0.336. The Morgan fingerprint density at radius 3 is 1.18 bits per heavy atom. The summed E-state index contributed by atoms with van der Waals surface area (Å²) in [4.78, 5) is 0. The molecule has 0 spiro atoms. The van der Waals surface area contributed by atoms with Crippen LogP contribution in [0.1, 0.15) is 102 Å². The third-order valence-corrected chi connectivity index (χ3v) is 4.57. The van der Waals surface area contributed by atoms with E-state index in [2.05, 4.69) is 39.0 Å². The standard InChI is InChI=1S/C22H38/c1-4-7-10-12-15-21-17-20(14-9-6-3)18-22(19-21)16-13-11-8-5-2/h17-19H,4-16H2,1-3H3. The first kappa shape index (κ1) is 19.3. The van der Waals surface area contributed by atoms with Crippen LogP contribution >= 0.6 is 0 Å². The van der Waals surface area contributed by atoms with Gasteiger partial charge in [0.25, 0.3) is 0 Å². The van der Waals surface area contributed by atoms with Crippen LogP contribution in [0.15, 0.2) is 18.2 Å². The highest BCUT2D eigenvalue weighted by Crippen LogP contribution is 2.18. The molecule has 0 heteroatoms. The second-order valence-electron chi connectivity index (χ2n) is 6.88. The van der Waals surface area contributed by atoms with Crippen molar-refractivity contribution < 1.29 is 0 Å². The topological polar surface area (TPSA) is 0 Å². The van der Waals surface area contributed by atoms with Crippen LogP contribution in [0, 0.1) is 0 Å². The van der Waals surface area contributed by atoms with Crippen LogP contribution < -0.4 is 0 Å². The lowest BCUT2D eigenvalue weighted by Gasteiger charge is -2.10. The van der Waals surface area contributed by atoms with Gasteiger partial charge in [0.2, 0.25) is 0 Å². The fourth-order valence-electron chi connectivity index (χ4n) is 3.17. The van der Waals surface area contributed by atoms with Crippen LogP contribution in [0.2, 0.25) is 0 Å². The highest BCUT2D eigenvalue weighted by molar-refractivity contribution is 5.30. The van der Waals surface area contributed by atoms with Gasteiger partial charge in [0.15, 0.2) is 0 Å². The zero-order chi connectivity index (χ0) is 16.0. The Labute approximate surface area is 139 Å². The highest BCUT2D eigenvalue weighted by atomic mass is 14.1. The maximum Gasteiger partial charge on any atom is -0.0279 e. The summed E-state index contributed by atoms with van der Waals surface area (Å²) in [5.74, 6) is 0. The SMILES string of the molecule is CCCCCCc1cc(CCCC)cc(CCCCCC)c1. The van der Waals surface area contributed by atoms with Gasteiger partial charge < -0.3 is 0 Å². The molecule has 0 saturated heterocycles. The van der Waals surface area contributed by atoms with Crippen LogP contribution in [-0.2, 0) is 19.3 Å². The zero-order valence-electron chi connectivity index (χ0n) is 15.4. The van der Waals surface area contributed by atoms with E-state index in [-0.39, 0.29) is 0 Å². The van der Waals surface area contributed by atoms with Crippen LogP contribution in [0.4, 0.5) is 0 Å². The minimum Gasteiger partial charge on any atom is -0.0654 e. The van der Waals surface area contributed by atoms with Crippen molar-refractivity contribution in [2.75, 3.05) is 0 Å². The van der Waals surface area contributed by atoms with Gasteiger partial charge in [-0.3, -0.25) is 0 Å². The minimum atomic E-state index is 1.27. The van der Waals surface area contributed by atoms with E-state index in [0.29, 0.717) is 0 Å². The van der Waals surface area contributed by atoms with Crippen molar-refractivity contribution in [2.24, 2.45) is 0 Å². The molecular formula is C22H38. The van der Waals surface area contributed by atoms with Gasteiger partial charge in [0.1, 0.15) is 0 Å². The molecule has 0 unspecified atom stereocenters. The Hall–Kier alpha value is -0.780. The monoisotopic (exact) mass is 302 g/mol. The Morgan fingerprint density at radius 2 is 0.818 bits per heavy atom. The Bertz CT molecular complexity index is 347. The first-order valence-corrected chi connectivity index (χ1v) is 9.91. The molecule has 0 nitrogen and oxygen atoms in total. The van der Waals surface area contributed by atoms with Crippen molar-refractivity contribution >= 4 is 0 Å². The summed E-state index contributed by atoms with van der Waals surface area (Å²) in [6.45, 7) is 6.87. The van der Waals surface area contributed by atoms with Gasteiger partial charge in [-0.1, -0.05) is 83.9 Å². The van der Waals surface area contributed by atoms with Crippen LogP contribution in [-0.4, -0.2) is 0 Å². The van der Waals surface area contributed by atoms with E-state index in [0.717, 1.165) is 0 Å². The number of hydrogen-bond donors (Lipinski definition) is 0. The van der Waals surface area contributed by atoms with Crippen LogP contribution in [0.5, 0.6) is 0 Å². The van der Waals surface area contributed by atoms with Crippen molar-refractivity contribution in [1.29, 1.82) is 0 Å². The van der Waals surface area contributed by atoms with Crippen molar-refractivity contribution in [3.05, 3.63) is 34.9 Å². The fourth-order valence-corrected chi connectivity index (χ4v) is 3.17. The molecule has 0 aromatic heterocycles. The molecule has 0 amide bonds. The molecule has 0 bridgehead atoms. The van der Waals surface area contributed by atoms with Crippen molar-refractivity contribution in [3.8, 4) is 0 Å². The van der Waals surface area contributed by atoms with Gasteiger partial charge in [-0.25, -0.2) is 0 Å². The average molecular weight is 303 g/mol. The molecule has 0 aliphatic carbocycles. The molecular weight excluding hydrogens is 264 g/mol. The number of rotatable bonds is 13. The molecule has 22 heavy (non-hydrogen) atoms. The summed E-state index contributed by atoms with van der Waals surface area (Å²) >= 11 is 0. The van der Waals surface area contributed by atoms with Gasteiger partial charge >= 0.3 is 0 Å². The average Bonchev–Trinajstić information content (AvgIpc) is 2.54. The molecule has 0 fully saturated rings. The molecule has 126 valence electrons. The Balaban J connectivity index is 2.59. The number of aryl methyl sites for hydroxylation is 3. The first-order chi connectivity index (χ1) is 10.8. The van der Waals surface area contributed by atoms with Crippen LogP contribution in [0.25, 0.3) is 0 Å². The van der Waals surface area contributed by atoms with E-state index in [1.165, 1.54) is 83.5 Å². The summed E-state index contributed by atoms with van der Waals surface area (Å²) in [7, 11) is 0. The van der Waals surface area contributed by atoms with Gasteiger partial charge in [-0.15, -0.1) is 0 Å². The minimum absolute atomic E-state index is 1.27. The van der Waals surface area contributed by atoms with E-state index in [1.54, 1.807) is 16.7 Å². The fraction of sp³-hybridized carbons (Fsp3) is 0.727. The maximum atomic E-state index is 2.49. The van der Waals surface area contributed by atoms with E-state index in [1.807, 2.05) is 0 Å². The summed E-state index contributed by atoms with van der Waals surface area (Å²) in [5, 5.41) is 0. The Morgan fingerprint density at radius 1 is 0.455 bits per heavy atom. The molecule has 0 heterocycles. The third-order valence-electron chi connectivity index (χ3n) is 4.57. The number of unbranched alkanes of at least 4 members (excludes halogenated alkanes) is 7. The second kappa shape index (κ2) is 12.7. The first-order valence-electron chi connectivity index (χ1n) is 9.91. The molecule has 1 rings (SSSR count). The van der Waals surface area contributed by atoms with E-state index < -0.39 is 0 Å². The molecule has 1 aromatic rings. The third kappa shape index (κ3) is 8.61. The van der Waals surface area contributed by atoms with E-state index in [9.17, 15) is 0 Å². The number of hydrogen-bond acceptors (Lipinski definition) is 0. The summed E-state index contributed by atoms with van der Waals surface area (Å²) in [5.41, 5.74) is 4.77. The number of benzene rings is 1. The zero-order valence-corrected chi connectivity index (χ0v) is 15.4. The van der Waals surface area contributed by atoms with Crippen LogP contribution in [0.3, 0.4) is 0 Å². The lowest BCUT2D eigenvalue weighted by molar-refractivity contribution is 0.660. The second-order valence-corrected chi connectivity index (χ2v) is 6.88. The predicted molar refractivity (Wildman–Crippen MR) is 101 cm³/mol. The molecule has 0 atom stereocenters. The largest absolute Gasteiger partial charge is 0.0654 e. The van der Waals surface area contributed by atoms with Gasteiger partial charge in [0, 0.05) is 0 Å². The molecule has 1 aromatic carbocycles. The maximum absolute atomic E-state index is 2.49. The van der Waals surface area contributed by atoms with E-state index in [4.69, 9.17) is 0 Å². The highest BCUT2D eigenvalue weighted by Gasteiger charge is 2.02. The molecule has 0 radical (unpaired) electrons. The van der Waals surface area contributed by atoms with Gasteiger partial charge in [0.05, 0.1) is 0 Å². The molecule has 0 saturated carbocycles. The normalized spacial score (nSPS) is 11.0. The van der Waals surface area contributed by atoms with Crippen molar-refractivity contribution in [2.45, 2.75) is 104 Å². The van der Waals surface area contributed by atoms with Gasteiger partial charge in [-0.2, -0.15) is 0 Å².